The zero-order valence-corrected chi connectivity index (χ0v) is 20.9. The van der Waals surface area contributed by atoms with E-state index in [4.69, 9.17) is 4.74 Å². The number of hydrogen-bond donors (Lipinski definition) is 1. The molecule has 0 spiro atoms. The summed E-state index contributed by atoms with van der Waals surface area (Å²) in [5.74, 6) is -1.34. The smallest absolute Gasteiger partial charge is 0.307 e. The van der Waals surface area contributed by atoms with Crippen LogP contribution in [0.3, 0.4) is 0 Å². The summed E-state index contributed by atoms with van der Waals surface area (Å²) in [5.41, 5.74) is 0.567. The van der Waals surface area contributed by atoms with E-state index in [2.05, 4.69) is 40.7 Å². The van der Waals surface area contributed by atoms with Crippen molar-refractivity contribution in [2.24, 2.45) is 22.7 Å². The molecule has 0 aromatic rings. The lowest BCUT2D eigenvalue weighted by atomic mass is 9.67. The van der Waals surface area contributed by atoms with E-state index < -0.39 is 11.9 Å². The Bertz CT molecular complexity index is 558. The van der Waals surface area contributed by atoms with Gasteiger partial charge >= 0.3 is 11.9 Å². The first-order chi connectivity index (χ1) is 14.7. The predicted molar refractivity (Wildman–Crippen MR) is 128 cm³/mol. The van der Waals surface area contributed by atoms with Gasteiger partial charge in [-0.1, -0.05) is 98.1 Å². The van der Waals surface area contributed by atoms with Crippen LogP contribution in [-0.2, 0) is 14.3 Å². The summed E-state index contributed by atoms with van der Waals surface area (Å²) in [6, 6.07) is 0. The van der Waals surface area contributed by atoms with E-state index in [0.717, 1.165) is 19.3 Å². The van der Waals surface area contributed by atoms with Gasteiger partial charge < -0.3 is 9.84 Å². The molecule has 31 heavy (non-hydrogen) atoms. The van der Waals surface area contributed by atoms with E-state index in [1.54, 1.807) is 0 Å². The molecule has 1 saturated carbocycles. The molecule has 0 aliphatic heterocycles. The highest BCUT2D eigenvalue weighted by Gasteiger charge is 2.31. The van der Waals surface area contributed by atoms with Crippen LogP contribution < -0.4 is 0 Å². The highest BCUT2D eigenvalue weighted by Crippen LogP contribution is 2.43. The van der Waals surface area contributed by atoms with Crippen LogP contribution in [-0.4, -0.2) is 23.7 Å². The van der Waals surface area contributed by atoms with Gasteiger partial charge in [-0.2, -0.15) is 0 Å². The van der Waals surface area contributed by atoms with Gasteiger partial charge in [0, 0.05) is 0 Å². The molecule has 1 rings (SSSR count). The molecule has 180 valence electrons. The molecule has 2 unspecified atom stereocenters. The predicted octanol–water partition coefficient (Wildman–Crippen LogP) is 7.56. The SMILES string of the molecule is CCC(C)(CC)CC(C)(CC)CC=CCC(CC(=O)OCCC1CCCCC1)C(=O)O. The molecule has 0 bridgehead atoms. The average Bonchev–Trinajstić information content (AvgIpc) is 2.76. The van der Waals surface area contributed by atoms with Crippen LogP contribution >= 0.6 is 0 Å². The average molecular weight is 437 g/mol. The minimum absolute atomic E-state index is 0.0425. The second-order valence-electron chi connectivity index (χ2n) is 10.5. The van der Waals surface area contributed by atoms with Gasteiger partial charge in [-0.25, -0.2) is 0 Å². The Morgan fingerprint density at radius 3 is 2.16 bits per heavy atom. The Morgan fingerprint density at radius 2 is 1.61 bits per heavy atom. The maximum atomic E-state index is 12.2. The summed E-state index contributed by atoms with van der Waals surface area (Å²) < 4.78 is 5.36. The van der Waals surface area contributed by atoms with Crippen molar-refractivity contribution in [3.63, 3.8) is 0 Å². The normalized spacial score (nSPS) is 18.6. The summed E-state index contributed by atoms with van der Waals surface area (Å²) in [6.07, 6.45) is 17.2. The van der Waals surface area contributed by atoms with Crippen LogP contribution in [0.2, 0.25) is 0 Å². The van der Waals surface area contributed by atoms with Crippen LogP contribution in [0.1, 0.15) is 118 Å². The minimum atomic E-state index is -0.920. The van der Waals surface area contributed by atoms with Crippen LogP contribution in [0.4, 0.5) is 0 Å². The van der Waals surface area contributed by atoms with E-state index >= 15 is 0 Å². The number of carbonyl (C=O) groups excluding carboxylic acids is 1. The first-order valence-electron chi connectivity index (χ1n) is 12.7. The zero-order valence-electron chi connectivity index (χ0n) is 20.9. The van der Waals surface area contributed by atoms with Crippen LogP contribution in [0, 0.1) is 22.7 Å². The zero-order chi connectivity index (χ0) is 23.3. The molecule has 1 aliphatic rings. The third-order valence-corrected chi connectivity index (χ3v) is 7.89. The lowest BCUT2D eigenvalue weighted by molar-refractivity contribution is -0.151. The molecule has 1 aliphatic carbocycles. The summed E-state index contributed by atoms with van der Waals surface area (Å²) in [7, 11) is 0. The summed E-state index contributed by atoms with van der Waals surface area (Å²) in [5, 5.41) is 9.53. The van der Waals surface area contributed by atoms with E-state index in [1.165, 1.54) is 51.4 Å². The van der Waals surface area contributed by atoms with Crippen molar-refractivity contribution in [2.75, 3.05) is 6.61 Å². The van der Waals surface area contributed by atoms with Gasteiger partial charge in [0.15, 0.2) is 0 Å². The summed E-state index contributed by atoms with van der Waals surface area (Å²) in [4.78, 5) is 23.8. The number of ether oxygens (including phenoxy) is 1. The van der Waals surface area contributed by atoms with Gasteiger partial charge in [-0.3, -0.25) is 9.59 Å². The fraction of sp³-hybridized carbons (Fsp3) is 0.852. The number of aliphatic carboxylic acids is 1. The third-order valence-electron chi connectivity index (χ3n) is 7.89. The van der Waals surface area contributed by atoms with Crippen molar-refractivity contribution in [3.05, 3.63) is 12.2 Å². The lowest BCUT2D eigenvalue weighted by Crippen LogP contribution is -2.26. The monoisotopic (exact) mass is 436 g/mol. The van der Waals surface area contributed by atoms with E-state index in [0.29, 0.717) is 24.4 Å². The molecular weight excluding hydrogens is 388 g/mol. The summed E-state index contributed by atoms with van der Waals surface area (Å²) in [6.45, 7) is 11.9. The Morgan fingerprint density at radius 1 is 1.00 bits per heavy atom. The maximum absolute atomic E-state index is 12.2. The molecule has 4 heteroatoms. The Labute approximate surface area is 191 Å². The number of carboxylic acid groups (broad SMARTS) is 1. The Hall–Kier alpha value is -1.32. The van der Waals surface area contributed by atoms with Gasteiger partial charge in [0.2, 0.25) is 0 Å². The first kappa shape index (κ1) is 27.7. The topological polar surface area (TPSA) is 63.6 Å². The van der Waals surface area contributed by atoms with Gasteiger partial charge in [-0.05, 0) is 42.4 Å². The number of allylic oxidation sites excluding steroid dienone is 2. The largest absolute Gasteiger partial charge is 0.481 e. The van der Waals surface area contributed by atoms with Crippen LogP contribution in [0.15, 0.2) is 12.2 Å². The second kappa shape index (κ2) is 14.0. The molecule has 2 atom stereocenters. The van der Waals surface area contributed by atoms with Crippen LogP contribution in [0.25, 0.3) is 0 Å². The third kappa shape index (κ3) is 10.7. The van der Waals surface area contributed by atoms with Gasteiger partial charge in [0.1, 0.15) is 0 Å². The molecule has 4 nitrogen and oxygen atoms in total. The molecule has 1 N–H and O–H groups in total. The number of rotatable bonds is 15. The van der Waals surface area contributed by atoms with E-state index in [-0.39, 0.29) is 17.8 Å². The van der Waals surface area contributed by atoms with Crippen molar-refractivity contribution in [1.82, 2.24) is 0 Å². The fourth-order valence-corrected chi connectivity index (χ4v) is 4.85. The van der Waals surface area contributed by atoms with Crippen molar-refractivity contribution >= 4 is 11.9 Å². The van der Waals surface area contributed by atoms with Crippen molar-refractivity contribution < 1.29 is 19.4 Å². The van der Waals surface area contributed by atoms with Crippen molar-refractivity contribution in [2.45, 2.75) is 118 Å². The minimum Gasteiger partial charge on any atom is -0.481 e. The van der Waals surface area contributed by atoms with Crippen molar-refractivity contribution in [1.29, 1.82) is 0 Å². The Kier molecular flexibility index (Phi) is 12.5. The molecule has 1 fully saturated rings. The Balaban J connectivity index is 2.46. The van der Waals surface area contributed by atoms with Gasteiger partial charge in [-0.15, -0.1) is 0 Å². The maximum Gasteiger partial charge on any atom is 0.307 e. The molecule has 0 aromatic heterocycles. The van der Waals surface area contributed by atoms with Gasteiger partial charge in [0.25, 0.3) is 0 Å². The fourth-order valence-electron chi connectivity index (χ4n) is 4.85. The molecule has 0 aromatic carbocycles. The van der Waals surface area contributed by atoms with E-state index in [9.17, 15) is 14.7 Å². The molecule has 0 heterocycles. The first-order valence-corrected chi connectivity index (χ1v) is 12.7. The lowest BCUT2D eigenvalue weighted by Gasteiger charge is -2.38. The molecule has 0 amide bonds. The van der Waals surface area contributed by atoms with Gasteiger partial charge in [0.05, 0.1) is 18.9 Å². The number of esters is 1. The highest BCUT2D eigenvalue weighted by atomic mass is 16.5. The second-order valence-corrected chi connectivity index (χ2v) is 10.5. The molecule has 0 radical (unpaired) electrons. The highest BCUT2D eigenvalue weighted by molar-refractivity contribution is 5.78. The van der Waals surface area contributed by atoms with Crippen LogP contribution in [0.5, 0.6) is 0 Å². The molecule has 0 saturated heterocycles. The standard InChI is InChI=1S/C27H48O4/c1-6-26(4,7-2)21-27(5,8-3)18-13-12-16-23(25(29)30)20-24(28)31-19-17-22-14-10-9-11-15-22/h12-13,22-23H,6-11,14-21H2,1-5H3,(H,29,30). The number of hydrogen-bond acceptors (Lipinski definition) is 3. The number of carboxylic acids is 1. The molecular formula is C27H48O4. The quantitative estimate of drug-likeness (QED) is 0.212. The number of carbonyl (C=O) groups is 2. The summed E-state index contributed by atoms with van der Waals surface area (Å²) >= 11 is 0. The van der Waals surface area contributed by atoms with E-state index in [1.807, 2.05) is 6.08 Å². The van der Waals surface area contributed by atoms with Crippen molar-refractivity contribution in [3.8, 4) is 0 Å².